The van der Waals surface area contributed by atoms with E-state index in [0.717, 1.165) is 28.0 Å². The van der Waals surface area contributed by atoms with E-state index < -0.39 is 10.0 Å². The third kappa shape index (κ3) is 4.56. The number of primary sulfonamides is 1. The molecular formula is C19H20N4O3S2. The van der Waals surface area contributed by atoms with Gasteiger partial charge in [0, 0.05) is 13.6 Å². The van der Waals surface area contributed by atoms with Crippen LogP contribution in [0.2, 0.25) is 0 Å². The Morgan fingerprint density at radius 2 is 1.82 bits per heavy atom. The first-order valence-corrected chi connectivity index (χ1v) is 10.8. The fraction of sp³-hybridized carbons (Fsp3) is 0.158. The molecule has 0 saturated heterocycles. The summed E-state index contributed by atoms with van der Waals surface area (Å²) in [6.45, 7) is 1.87. The summed E-state index contributed by atoms with van der Waals surface area (Å²) in [6.07, 6.45) is 0. The number of sulfonamides is 1. The number of hydrogen-bond acceptors (Lipinski definition) is 5. The number of aromatic nitrogens is 1. The molecule has 3 rings (SSSR count). The van der Waals surface area contributed by atoms with Gasteiger partial charge in [-0.15, -0.1) is 0 Å². The van der Waals surface area contributed by atoms with Crippen LogP contribution in [0, 0.1) is 6.92 Å². The molecule has 2 amide bonds. The van der Waals surface area contributed by atoms with Crippen molar-refractivity contribution in [2.24, 2.45) is 5.14 Å². The van der Waals surface area contributed by atoms with E-state index in [0.29, 0.717) is 6.54 Å². The summed E-state index contributed by atoms with van der Waals surface area (Å²) >= 11 is 0.865. The number of urea groups is 1. The minimum absolute atomic E-state index is 0.0438. The third-order valence-corrected chi connectivity index (χ3v) is 6.86. The molecule has 3 N–H and O–H groups in total. The van der Waals surface area contributed by atoms with Crippen LogP contribution in [0.25, 0.3) is 11.1 Å². The molecule has 3 aromatic rings. The maximum atomic E-state index is 12.4. The standard InChI is InChI=1S/C19H20N4O3S2/c1-13-17(28(20,25)26)27-19(22-13)23(2)18(24)21-12-14-7-6-10-16(11-14)15-8-4-3-5-9-15/h3-11H,12H2,1-2H3,(H,21,24)(H2,20,25,26). The molecule has 2 aromatic carbocycles. The highest BCUT2D eigenvalue weighted by Gasteiger charge is 2.22. The highest BCUT2D eigenvalue weighted by Crippen LogP contribution is 2.28. The summed E-state index contributed by atoms with van der Waals surface area (Å²) in [7, 11) is -2.33. The number of nitrogens with one attached hydrogen (secondary N) is 1. The van der Waals surface area contributed by atoms with Crippen molar-refractivity contribution in [1.29, 1.82) is 0 Å². The molecule has 0 fully saturated rings. The van der Waals surface area contributed by atoms with Crippen LogP contribution in [0.4, 0.5) is 9.93 Å². The molecule has 0 spiro atoms. The minimum Gasteiger partial charge on any atom is -0.334 e. The van der Waals surface area contributed by atoms with Gasteiger partial charge in [0.1, 0.15) is 0 Å². The molecule has 1 heterocycles. The summed E-state index contributed by atoms with van der Waals surface area (Å²) in [5, 5.41) is 8.25. The number of thiazole rings is 1. The van der Waals surface area contributed by atoms with Crippen molar-refractivity contribution in [2.45, 2.75) is 17.7 Å². The predicted molar refractivity (Wildman–Crippen MR) is 111 cm³/mol. The van der Waals surface area contributed by atoms with Crippen molar-refractivity contribution >= 4 is 32.5 Å². The Morgan fingerprint density at radius 1 is 1.14 bits per heavy atom. The summed E-state index contributed by atoms with van der Waals surface area (Å²) in [5.41, 5.74) is 3.39. The quantitative estimate of drug-likeness (QED) is 0.666. The lowest BCUT2D eigenvalue weighted by molar-refractivity contribution is 0.247. The highest BCUT2D eigenvalue weighted by atomic mass is 32.2. The van der Waals surface area contributed by atoms with E-state index in [1.165, 1.54) is 11.9 Å². The van der Waals surface area contributed by atoms with Gasteiger partial charge in [0.2, 0.25) is 10.0 Å². The Kier molecular flexibility index (Phi) is 5.78. The molecule has 0 aliphatic heterocycles. The molecule has 0 radical (unpaired) electrons. The molecule has 7 nitrogen and oxygen atoms in total. The second-order valence-electron chi connectivity index (χ2n) is 6.20. The number of nitrogens with zero attached hydrogens (tertiary/aromatic N) is 2. The molecule has 0 atom stereocenters. The number of rotatable bonds is 5. The lowest BCUT2D eigenvalue weighted by Crippen LogP contribution is -2.36. The Balaban J connectivity index is 1.69. The van der Waals surface area contributed by atoms with E-state index in [-0.39, 0.29) is 21.1 Å². The van der Waals surface area contributed by atoms with E-state index in [1.54, 1.807) is 6.92 Å². The molecule has 9 heteroatoms. The zero-order chi connectivity index (χ0) is 20.3. The molecule has 0 saturated carbocycles. The Hall–Kier alpha value is -2.75. The van der Waals surface area contributed by atoms with Crippen LogP contribution in [0.3, 0.4) is 0 Å². The summed E-state index contributed by atoms with van der Waals surface area (Å²) in [4.78, 5) is 17.8. The van der Waals surface area contributed by atoms with Gasteiger partial charge in [-0.05, 0) is 29.7 Å². The first-order valence-electron chi connectivity index (χ1n) is 8.42. The zero-order valence-electron chi connectivity index (χ0n) is 15.4. The molecule has 0 unspecified atom stereocenters. The van der Waals surface area contributed by atoms with E-state index >= 15 is 0 Å². The zero-order valence-corrected chi connectivity index (χ0v) is 17.0. The lowest BCUT2D eigenvalue weighted by Gasteiger charge is -2.15. The van der Waals surface area contributed by atoms with Crippen molar-refractivity contribution in [1.82, 2.24) is 10.3 Å². The van der Waals surface area contributed by atoms with Gasteiger partial charge in [-0.1, -0.05) is 59.9 Å². The summed E-state index contributed by atoms with van der Waals surface area (Å²) < 4.78 is 23.1. The van der Waals surface area contributed by atoms with Crippen LogP contribution < -0.4 is 15.4 Å². The van der Waals surface area contributed by atoms with E-state index in [1.807, 2.05) is 54.6 Å². The van der Waals surface area contributed by atoms with Crippen LogP contribution >= 0.6 is 11.3 Å². The lowest BCUT2D eigenvalue weighted by atomic mass is 10.0. The maximum Gasteiger partial charge on any atom is 0.323 e. The van der Waals surface area contributed by atoms with Crippen LogP contribution in [0.15, 0.2) is 58.8 Å². The van der Waals surface area contributed by atoms with Gasteiger partial charge in [-0.25, -0.2) is 23.3 Å². The SMILES string of the molecule is Cc1nc(N(C)C(=O)NCc2cccc(-c3ccccc3)c2)sc1S(N)(=O)=O. The first-order chi connectivity index (χ1) is 13.3. The second kappa shape index (κ2) is 8.09. The predicted octanol–water partition coefficient (Wildman–Crippen LogP) is 3.11. The Morgan fingerprint density at radius 3 is 2.46 bits per heavy atom. The number of benzene rings is 2. The fourth-order valence-corrected chi connectivity index (χ4v) is 4.56. The van der Waals surface area contributed by atoms with Crippen LogP contribution in [0.1, 0.15) is 11.3 Å². The van der Waals surface area contributed by atoms with E-state index in [4.69, 9.17) is 5.14 Å². The van der Waals surface area contributed by atoms with Gasteiger partial charge in [-0.3, -0.25) is 4.90 Å². The van der Waals surface area contributed by atoms with Gasteiger partial charge in [0.25, 0.3) is 0 Å². The molecular weight excluding hydrogens is 396 g/mol. The summed E-state index contributed by atoms with van der Waals surface area (Å²) in [6, 6.07) is 17.5. The number of amides is 2. The smallest absolute Gasteiger partial charge is 0.323 e. The summed E-state index contributed by atoms with van der Waals surface area (Å²) in [5.74, 6) is 0. The number of hydrogen-bond donors (Lipinski definition) is 2. The van der Waals surface area contributed by atoms with Crippen LogP contribution in [-0.4, -0.2) is 26.5 Å². The molecule has 0 aliphatic carbocycles. The fourth-order valence-electron chi connectivity index (χ4n) is 2.65. The molecule has 0 bridgehead atoms. The average molecular weight is 417 g/mol. The maximum absolute atomic E-state index is 12.4. The van der Waals surface area contributed by atoms with Gasteiger partial charge in [-0.2, -0.15) is 0 Å². The van der Waals surface area contributed by atoms with Crippen molar-refractivity contribution in [3.05, 3.63) is 65.9 Å². The second-order valence-corrected chi connectivity index (χ2v) is 8.93. The van der Waals surface area contributed by atoms with Gasteiger partial charge in [0.05, 0.1) is 5.69 Å². The number of carbonyl (C=O) groups excluding carboxylic acids is 1. The van der Waals surface area contributed by atoms with Crippen LogP contribution in [0.5, 0.6) is 0 Å². The molecule has 146 valence electrons. The topological polar surface area (TPSA) is 105 Å². The van der Waals surface area contributed by atoms with Gasteiger partial charge >= 0.3 is 6.03 Å². The van der Waals surface area contributed by atoms with Gasteiger partial charge < -0.3 is 5.32 Å². The minimum atomic E-state index is -3.86. The van der Waals surface area contributed by atoms with E-state index in [2.05, 4.69) is 10.3 Å². The van der Waals surface area contributed by atoms with Crippen molar-refractivity contribution < 1.29 is 13.2 Å². The normalized spacial score (nSPS) is 11.2. The average Bonchev–Trinajstić information content (AvgIpc) is 3.08. The Labute approximate surface area is 167 Å². The number of carbonyl (C=O) groups is 1. The molecule has 0 aliphatic rings. The van der Waals surface area contributed by atoms with E-state index in [9.17, 15) is 13.2 Å². The monoisotopic (exact) mass is 416 g/mol. The van der Waals surface area contributed by atoms with Crippen molar-refractivity contribution in [3.63, 3.8) is 0 Å². The number of anilines is 1. The van der Waals surface area contributed by atoms with Crippen molar-refractivity contribution in [2.75, 3.05) is 11.9 Å². The van der Waals surface area contributed by atoms with Crippen LogP contribution in [-0.2, 0) is 16.6 Å². The number of nitrogens with two attached hydrogens (primary N) is 1. The van der Waals surface area contributed by atoms with Gasteiger partial charge in [0.15, 0.2) is 9.34 Å². The molecule has 28 heavy (non-hydrogen) atoms. The third-order valence-electron chi connectivity index (χ3n) is 4.07. The largest absolute Gasteiger partial charge is 0.334 e. The van der Waals surface area contributed by atoms with Crippen molar-refractivity contribution in [3.8, 4) is 11.1 Å². The molecule has 1 aromatic heterocycles. The first kappa shape index (κ1) is 20.0. The highest BCUT2D eigenvalue weighted by molar-refractivity contribution is 7.91. The number of aryl methyl sites for hydroxylation is 1. The Bertz CT molecular complexity index is 1100.